The number of benzene rings is 3. The smallest absolute Gasteiger partial charge is 0.322 e. The number of carbonyl (C=O) groups is 1. The second kappa shape index (κ2) is 11.6. The van der Waals surface area contributed by atoms with E-state index in [1.165, 1.54) is 44.2 Å². The number of amides is 2. The van der Waals surface area contributed by atoms with Gasteiger partial charge in [0, 0.05) is 13.1 Å². The Bertz CT molecular complexity index is 1270. The molecule has 0 atom stereocenters. The predicted molar refractivity (Wildman–Crippen MR) is 131 cm³/mol. The van der Waals surface area contributed by atoms with Crippen LogP contribution in [0.25, 0.3) is 0 Å². The van der Waals surface area contributed by atoms with Gasteiger partial charge in [0.15, 0.2) is 11.5 Å². The maximum atomic E-state index is 13.4. The van der Waals surface area contributed by atoms with E-state index in [-0.39, 0.29) is 36.2 Å². The van der Waals surface area contributed by atoms with Gasteiger partial charge in [-0.2, -0.15) is 8.42 Å². The number of para-hydroxylation sites is 2. The number of ether oxygens (including phenoxy) is 2. The summed E-state index contributed by atoms with van der Waals surface area (Å²) < 4.78 is 53.1. The Morgan fingerprint density at radius 2 is 1.51 bits per heavy atom. The third kappa shape index (κ3) is 7.10. The molecule has 0 radical (unpaired) electrons. The predicted octanol–water partition coefficient (Wildman–Crippen LogP) is 4.81. The third-order valence-corrected chi connectivity index (χ3v) is 6.23. The molecule has 0 aliphatic heterocycles. The summed E-state index contributed by atoms with van der Waals surface area (Å²) in [5.74, 6) is 0.173. The van der Waals surface area contributed by atoms with Crippen LogP contribution in [0.1, 0.15) is 18.1 Å². The lowest BCUT2D eigenvalue weighted by molar-refractivity contribution is 0.206. The molecule has 0 aliphatic rings. The van der Waals surface area contributed by atoms with Crippen molar-refractivity contribution in [3.63, 3.8) is 0 Å². The molecule has 0 fully saturated rings. The molecule has 0 spiro atoms. The quantitative estimate of drug-likeness (QED) is 0.400. The highest BCUT2D eigenvalue weighted by Crippen LogP contribution is 2.30. The maximum Gasteiger partial charge on any atom is 0.322 e. The van der Waals surface area contributed by atoms with Crippen molar-refractivity contribution in [2.24, 2.45) is 0 Å². The van der Waals surface area contributed by atoms with Crippen LogP contribution in [0.15, 0.2) is 66.7 Å². The zero-order chi connectivity index (χ0) is 25.4. The van der Waals surface area contributed by atoms with E-state index < -0.39 is 16.1 Å². The van der Waals surface area contributed by atoms with Crippen molar-refractivity contribution in [2.75, 3.05) is 25.3 Å². The lowest BCUT2D eigenvalue weighted by Crippen LogP contribution is -2.34. The van der Waals surface area contributed by atoms with Crippen LogP contribution in [-0.2, 0) is 23.2 Å². The van der Waals surface area contributed by atoms with Crippen LogP contribution in [0, 0.1) is 5.82 Å². The minimum Gasteiger partial charge on any atom is -0.495 e. The van der Waals surface area contributed by atoms with Crippen molar-refractivity contribution in [1.29, 1.82) is 0 Å². The van der Waals surface area contributed by atoms with Crippen LogP contribution in [0.5, 0.6) is 17.2 Å². The summed E-state index contributed by atoms with van der Waals surface area (Å²) in [5, 5.41) is 2.83. The van der Waals surface area contributed by atoms with Crippen LogP contribution in [-0.4, -0.2) is 39.3 Å². The van der Waals surface area contributed by atoms with Crippen molar-refractivity contribution in [3.05, 3.63) is 83.7 Å². The van der Waals surface area contributed by atoms with Gasteiger partial charge in [0.2, 0.25) is 0 Å². The Labute approximate surface area is 204 Å². The molecule has 3 aromatic carbocycles. The molecular formula is C25H27FN2O6S. The van der Waals surface area contributed by atoms with Crippen molar-refractivity contribution < 1.29 is 31.3 Å². The van der Waals surface area contributed by atoms with Crippen molar-refractivity contribution >= 4 is 21.8 Å². The van der Waals surface area contributed by atoms with Gasteiger partial charge in [-0.25, -0.2) is 9.18 Å². The van der Waals surface area contributed by atoms with E-state index >= 15 is 0 Å². The molecule has 1 N–H and O–H groups in total. The summed E-state index contributed by atoms with van der Waals surface area (Å²) in [6.07, 6.45) is 0. The molecule has 8 nitrogen and oxygen atoms in total. The standard InChI is InChI=1S/C25H27FN2O6S/c1-4-35(30,31)34-24-15-19(11-14-23(24)33-3)17-28(16-18-9-12-20(26)13-10-18)25(29)27-21-7-5-6-8-22(21)32-2/h5-15H,4,16-17H2,1-3H3,(H,27,29). The number of methoxy groups -OCH3 is 2. The van der Waals surface area contributed by atoms with Gasteiger partial charge in [-0.15, -0.1) is 0 Å². The first-order valence-electron chi connectivity index (χ1n) is 10.8. The molecular weight excluding hydrogens is 475 g/mol. The molecule has 0 aromatic heterocycles. The van der Waals surface area contributed by atoms with E-state index in [1.54, 1.807) is 48.5 Å². The minimum atomic E-state index is -3.79. The lowest BCUT2D eigenvalue weighted by atomic mass is 10.1. The van der Waals surface area contributed by atoms with Gasteiger partial charge >= 0.3 is 16.1 Å². The first-order valence-corrected chi connectivity index (χ1v) is 12.3. The fraction of sp³-hybridized carbons (Fsp3) is 0.240. The molecule has 0 heterocycles. The normalized spacial score (nSPS) is 11.0. The van der Waals surface area contributed by atoms with E-state index in [2.05, 4.69) is 5.32 Å². The lowest BCUT2D eigenvalue weighted by Gasteiger charge is -2.24. The highest BCUT2D eigenvalue weighted by Gasteiger charge is 2.19. The molecule has 0 saturated heterocycles. The second-order valence-electron chi connectivity index (χ2n) is 7.53. The van der Waals surface area contributed by atoms with E-state index in [9.17, 15) is 17.6 Å². The number of halogens is 1. The number of hydrogen-bond acceptors (Lipinski definition) is 6. The molecule has 3 rings (SSSR count). The van der Waals surface area contributed by atoms with E-state index in [0.717, 1.165) is 0 Å². The molecule has 0 saturated carbocycles. The molecule has 0 unspecified atom stereocenters. The Hall–Kier alpha value is -3.79. The molecule has 2 amide bonds. The summed E-state index contributed by atoms with van der Waals surface area (Å²) in [6, 6.07) is 17.2. The SMILES string of the molecule is CCS(=O)(=O)Oc1cc(CN(Cc2ccc(F)cc2)C(=O)Nc2ccccc2OC)ccc1OC. The number of anilines is 1. The van der Waals surface area contributed by atoms with Crippen LogP contribution >= 0.6 is 0 Å². The summed E-state index contributed by atoms with van der Waals surface area (Å²) in [6.45, 7) is 1.74. The Morgan fingerprint density at radius 3 is 2.17 bits per heavy atom. The van der Waals surface area contributed by atoms with Crippen LogP contribution in [0.2, 0.25) is 0 Å². The molecule has 0 aliphatic carbocycles. The monoisotopic (exact) mass is 502 g/mol. The number of nitrogens with zero attached hydrogens (tertiary/aromatic N) is 1. The first-order chi connectivity index (χ1) is 16.7. The van der Waals surface area contributed by atoms with Gasteiger partial charge < -0.3 is 23.9 Å². The van der Waals surface area contributed by atoms with Gasteiger partial charge in [0.25, 0.3) is 0 Å². The summed E-state index contributed by atoms with van der Waals surface area (Å²) in [4.78, 5) is 14.8. The van der Waals surface area contributed by atoms with Crippen LogP contribution < -0.4 is 19.0 Å². The van der Waals surface area contributed by atoms with Gasteiger partial charge in [0.05, 0.1) is 25.7 Å². The average molecular weight is 503 g/mol. The van der Waals surface area contributed by atoms with Crippen molar-refractivity contribution in [2.45, 2.75) is 20.0 Å². The Balaban J connectivity index is 1.91. The van der Waals surface area contributed by atoms with Crippen LogP contribution in [0.4, 0.5) is 14.9 Å². The van der Waals surface area contributed by atoms with Crippen LogP contribution in [0.3, 0.4) is 0 Å². The molecule has 10 heteroatoms. The van der Waals surface area contributed by atoms with Gasteiger partial charge in [0.1, 0.15) is 11.6 Å². The summed E-state index contributed by atoms with van der Waals surface area (Å²) >= 11 is 0. The van der Waals surface area contributed by atoms with Gasteiger partial charge in [-0.05, 0) is 54.4 Å². The topological polar surface area (TPSA) is 94.2 Å². The Kier molecular flexibility index (Phi) is 8.53. The van der Waals surface area contributed by atoms with Gasteiger partial charge in [-0.3, -0.25) is 0 Å². The first kappa shape index (κ1) is 25.8. The number of rotatable bonds is 10. The Morgan fingerprint density at radius 1 is 0.886 bits per heavy atom. The summed E-state index contributed by atoms with van der Waals surface area (Å²) in [7, 11) is -0.881. The second-order valence-corrected chi connectivity index (χ2v) is 9.39. The minimum absolute atomic E-state index is 0.0266. The van der Waals surface area contributed by atoms with E-state index in [0.29, 0.717) is 22.6 Å². The average Bonchev–Trinajstić information content (AvgIpc) is 2.85. The number of carbonyl (C=O) groups excluding carboxylic acids is 1. The highest BCUT2D eigenvalue weighted by atomic mass is 32.2. The largest absolute Gasteiger partial charge is 0.495 e. The number of urea groups is 1. The molecule has 3 aromatic rings. The fourth-order valence-corrected chi connectivity index (χ4v) is 3.77. The van der Waals surface area contributed by atoms with Gasteiger partial charge in [-0.1, -0.05) is 30.3 Å². The molecule has 35 heavy (non-hydrogen) atoms. The maximum absolute atomic E-state index is 13.4. The van der Waals surface area contributed by atoms with Crippen molar-refractivity contribution in [3.8, 4) is 17.2 Å². The zero-order valence-corrected chi connectivity index (χ0v) is 20.5. The zero-order valence-electron chi connectivity index (χ0n) is 19.7. The van der Waals surface area contributed by atoms with E-state index in [4.69, 9.17) is 13.7 Å². The summed E-state index contributed by atoms with van der Waals surface area (Å²) in [5.41, 5.74) is 1.79. The molecule has 186 valence electrons. The number of hydrogen-bond donors (Lipinski definition) is 1. The number of nitrogens with one attached hydrogen (secondary N) is 1. The third-order valence-electron chi connectivity index (χ3n) is 5.09. The van der Waals surface area contributed by atoms with E-state index in [1.807, 2.05) is 0 Å². The molecule has 0 bridgehead atoms. The van der Waals surface area contributed by atoms with Crippen molar-refractivity contribution in [1.82, 2.24) is 4.90 Å². The highest BCUT2D eigenvalue weighted by molar-refractivity contribution is 7.87. The fourth-order valence-electron chi connectivity index (χ4n) is 3.25.